The standard InChI is InChI=1S/C12H22N4/c1-3-7-16(12-9-13-10-12)8-5-11-4-6-14-15(11)2/h4,6,12-13H,3,5,7-10H2,1-2H3. The van der Waals surface area contributed by atoms with E-state index in [-0.39, 0.29) is 0 Å². The van der Waals surface area contributed by atoms with E-state index in [4.69, 9.17) is 0 Å². The summed E-state index contributed by atoms with van der Waals surface area (Å²) < 4.78 is 1.98. The number of rotatable bonds is 6. The lowest BCUT2D eigenvalue weighted by molar-refractivity contribution is 0.146. The van der Waals surface area contributed by atoms with Crippen molar-refractivity contribution in [1.29, 1.82) is 0 Å². The monoisotopic (exact) mass is 222 g/mol. The number of aromatic nitrogens is 2. The molecule has 1 saturated heterocycles. The van der Waals surface area contributed by atoms with Gasteiger partial charge in [-0.25, -0.2) is 0 Å². The molecule has 0 aliphatic carbocycles. The molecule has 2 heterocycles. The van der Waals surface area contributed by atoms with Crippen LogP contribution in [0, 0.1) is 0 Å². The van der Waals surface area contributed by atoms with Gasteiger partial charge in [0, 0.05) is 51.0 Å². The first kappa shape index (κ1) is 11.6. The Hall–Kier alpha value is -0.870. The van der Waals surface area contributed by atoms with Gasteiger partial charge >= 0.3 is 0 Å². The van der Waals surface area contributed by atoms with E-state index in [1.165, 1.54) is 18.7 Å². The van der Waals surface area contributed by atoms with E-state index in [1.54, 1.807) is 0 Å². The Kier molecular flexibility index (Phi) is 3.96. The Labute approximate surface area is 97.6 Å². The van der Waals surface area contributed by atoms with Crippen LogP contribution in [0.4, 0.5) is 0 Å². The number of nitrogens with zero attached hydrogens (tertiary/aromatic N) is 3. The van der Waals surface area contributed by atoms with E-state index >= 15 is 0 Å². The number of hydrogen-bond donors (Lipinski definition) is 1. The SMILES string of the molecule is CCCN(CCc1ccnn1C)C1CNC1. The Bertz CT molecular complexity index is 317. The molecule has 4 heteroatoms. The molecule has 0 spiro atoms. The molecule has 1 fully saturated rings. The number of nitrogens with one attached hydrogen (secondary N) is 1. The summed E-state index contributed by atoms with van der Waals surface area (Å²) in [6.45, 7) is 6.93. The maximum Gasteiger partial charge on any atom is 0.0492 e. The maximum absolute atomic E-state index is 4.21. The van der Waals surface area contributed by atoms with Crippen LogP contribution < -0.4 is 5.32 Å². The second-order valence-electron chi connectivity index (χ2n) is 4.54. The highest BCUT2D eigenvalue weighted by Gasteiger charge is 2.23. The molecule has 1 N–H and O–H groups in total. The van der Waals surface area contributed by atoms with E-state index in [2.05, 4.69) is 28.3 Å². The smallest absolute Gasteiger partial charge is 0.0492 e. The minimum atomic E-state index is 0.758. The lowest BCUT2D eigenvalue weighted by atomic mass is 10.1. The molecule has 0 aromatic carbocycles. The Morgan fingerprint density at radius 1 is 1.50 bits per heavy atom. The van der Waals surface area contributed by atoms with Gasteiger partial charge in [-0.05, 0) is 19.0 Å². The quantitative estimate of drug-likeness (QED) is 0.767. The average Bonchev–Trinajstić information content (AvgIpc) is 2.58. The summed E-state index contributed by atoms with van der Waals surface area (Å²) in [6.07, 6.45) is 4.22. The van der Waals surface area contributed by atoms with Crippen molar-refractivity contribution >= 4 is 0 Å². The van der Waals surface area contributed by atoms with E-state index in [0.29, 0.717) is 0 Å². The van der Waals surface area contributed by atoms with E-state index in [1.807, 2.05) is 17.9 Å². The van der Waals surface area contributed by atoms with Gasteiger partial charge in [-0.3, -0.25) is 9.58 Å². The summed E-state index contributed by atoms with van der Waals surface area (Å²) in [7, 11) is 2.02. The Morgan fingerprint density at radius 3 is 2.81 bits per heavy atom. The highest BCUT2D eigenvalue weighted by molar-refractivity contribution is 5.01. The van der Waals surface area contributed by atoms with Gasteiger partial charge in [0.05, 0.1) is 0 Å². The third-order valence-corrected chi connectivity index (χ3v) is 3.36. The van der Waals surface area contributed by atoms with Gasteiger partial charge in [-0.15, -0.1) is 0 Å². The highest BCUT2D eigenvalue weighted by Crippen LogP contribution is 2.08. The molecule has 16 heavy (non-hydrogen) atoms. The molecule has 0 radical (unpaired) electrons. The van der Waals surface area contributed by atoms with Crippen LogP contribution in [0.25, 0.3) is 0 Å². The Balaban J connectivity index is 1.83. The minimum Gasteiger partial charge on any atom is -0.314 e. The first-order valence-electron chi connectivity index (χ1n) is 6.23. The van der Waals surface area contributed by atoms with Crippen LogP contribution in [-0.4, -0.2) is 46.9 Å². The summed E-state index contributed by atoms with van der Waals surface area (Å²) in [5.41, 5.74) is 1.33. The molecular weight excluding hydrogens is 200 g/mol. The zero-order valence-electron chi connectivity index (χ0n) is 10.3. The lowest BCUT2D eigenvalue weighted by Gasteiger charge is -2.38. The number of hydrogen-bond acceptors (Lipinski definition) is 3. The van der Waals surface area contributed by atoms with Gasteiger partial charge in [0.25, 0.3) is 0 Å². The van der Waals surface area contributed by atoms with Crippen molar-refractivity contribution in [3.8, 4) is 0 Å². The van der Waals surface area contributed by atoms with Crippen LogP contribution in [0.5, 0.6) is 0 Å². The summed E-state index contributed by atoms with van der Waals surface area (Å²) in [4.78, 5) is 2.60. The summed E-state index contributed by atoms with van der Waals surface area (Å²) >= 11 is 0. The predicted molar refractivity (Wildman–Crippen MR) is 65.4 cm³/mol. The van der Waals surface area contributed by atoms with Crippen LogP contribution in [0.2, 0.25) is 0 Å². The summed E-state index contributed by atoms with van der Waals surface area (Å²) in [6, 6.07) is 2.87. The molecule has 0 bridgehead atoms. The van der Waals surface area contributed by atoms with Crippen molar-refractivity contribution in [2.75, 3.05) is 26.2 Å². The van der Waals surface area contributed by atoms with Crippen molar-refractivity contribution in [2.24, 2.45) is 7.05 Å². The first-order valence-corrected chi connectivity index (χ1v) is 6.23. The van der Waals surface area contributed by atoms with E-state index in [0.717, 1.165) is 32.1 Å². The van der Waals surface area contributed by atoms with Gasteiger partial charge in [0.2, 0.25) is 0 Å². The molecule has 0 unspecified atom stereocenters. The largest absolute Gasteiger partial charge is 0.314 e. The van der Waals surface area contributed by atoms with Crippen molar-refractivity contribution in [1.82, 2.24) is 20.0 Å². The van der Waals surface area contributed by atoms with Crippen LogP contribution in [-0.2, 0) is 13.5 Å². The van der Waals surface area contributed by atoms with Crippen molar-refractivity contribution in [3.05, 3.63) is 18.0 Å². The van der Waals surface area contributed by atoms with Gasteiger partial charge in [-0.1, -0.05) is 6.92 Å². The third kappa shape index (κ3) is 2.62. The number of aryl methyl sites for hydroxylation is 1. The molecule has 1 aliphatic heterocycles. The Morgan fingerprint density at radius 2 is 2.31 bits per heavy atom. The molecular formula is C12H22N4. The third-order valence-electron chi connectivity index (χ3n) is 3.36. The van der Waals surface area contributed by atoms with E-state index < -0.39 is 0 Å². The molecule has 0 atom stereocenters. The van der Waals surface area contributed by atoms with Crippen LogP contribution >= 0.6 is 0 Å². The molecule has 2 rings (SSSR count). The summed E-state index contributed by atoms with van der Waals surface area (Å²) in [5.74, 6) is 0. The fraction of sp³-hybridized carbons (Fsp3) is 0.750. The van der Waals surface area contributed by atoms with E-state index in [9.17, 15) is 0 Å². The molecule has 0 saturated carbocycles. The fourth-order valence-electron chi connectivity index (χ4n) is 2.20. The van der Waals surface area contributed by atoms with Gasteiger partial charge in [-0.2, -0.15) is 5.10 Å². The zero-order valence-corrected chi connectivity index (χ0v) is 10.3. The molecule has 1 aliphatic rings. The van der Waals surface area contributed by atoms with Gasteiger partial charge in [0.15, 0.2) is 0 Å². The molecule has 0 amide bonds. The molecule has 1 aromatic heterocycles. The van der Waals surface area contributed by atoms with Crippen LogP contribution in [0.3, 0.4) is 0 Å². The second kappa shape index (κ2) is 5.46. The zero-order chi connectivity index (χ0) is 11.4. The van der Waals surface area contributed by atoms with Crippen LogP contribution in [0.15, 0.2) is 12.3 Å². The first-order chi connectivity index (χ1) is 7.81. The minimum absolute atomic E-state index is 0.758. The van der Waals surface area contributed by atoms with Gasteiger partial charge in [0.1, 0.15) is 0 Å². The van der Waals surface area contributed by atoms with Crippen molar-refractivity contribution in [3.63, 3.8) is 0 Å². The summed E-state index contributed by atoms with van der Waals surface area (Å²) in [5, 5.41) is 7.55. The predicted octanol–water partition coefficient (Wildman–Crippen LogP) is 0.646. The average molecular weight is 222 g/mol. The van der Waals surface area contributed by atoms with Crippen molar-refractivity contribution in [2.45, 2.75) is 25.8 Å². The van der Waals surface area contributed by atoms with Crippen molar-refractivity contribution < 1.29 is 0 Å². The topological polar surface area (TPSA) is 33.1 Å². The molecule has 90 valence electrons. The lowest BCUT2D eigenvalue weighted by Crippen LogP contribution is -2.57. The van der Waals surface area contributed by atoms with Gasteiger partial charge < -0.3 is 5.32 Å². The normalized spacial score (nSPS) is 16.7. The molecule has 1 aromatic rings. The maximum atomic E-state index is 4.21. The van der Waals surface area contributed by atoms with Crippen LogP contribution in [0.1, 0.15) is 19.0 Å². The highest BCUT2D eigenvalue weighted by atomic mass is 15.3. The second-order valence-corrected chi connectivity index (χ2v) is 4.54. The fourth-order valence-corrected chi connectivity index (χ4v) is 2.20. The molecule has 4 nitrogen and oxygen atoms in total.